The minimum absolute atomic E-state index is 0.335. The molecule has 124 valence electrons. The van der Waals surface area contributed by atoms with Crippen LogP contribution in [0.5, 0.6) is 0 Å². The Labute approximate surface area is 139 Å². The van der Waals surface area contributed by atoms with Crippen molar-refractivity contribution in [3.05, 3.63) is 76.8 Å². The molecule has 0 saturated carbocycles. The molecule has 0 bridgehead atoms. The van der Waals surface area contributed by atoms with Crippen molar-refractivity contribution in [2.75, 3.05) is 5.32 Å². The molecule has 1 aromatic carbocycles. The van der Waals surface area contributed by atoms with Gasteiger partial charge >= 0.3 is 0 Å². The molecule has 0 saturated heterocycles. The fraction of sp³-hybridized carbons (Fsp3) is 0. The van der Waals surface area contributed by atoms with Gasteiger partial charge in [0.1, 0.15) is 23.3 Å². The van der Waals surface area contributed by atoms with Crippen molar-refractivity contribution in [1.82, 2.24) is 19.7 Å². The van der Waals surface area contributed by atoms with Crippen LogP contribution < -0.4 is 10.9 Å². The van der Waals surface area contributed by atoms with Gasteiger partial charge in [-0.3, -0.25) is 14.6 Å². The molecule has 0 spiro atoms. The Morgan fingerprint density at radius 1 is 0.960 bits per heavy atom. The number of benzene rings is 1. The molecule has 25 heavy (non-hydrogen) atoms. The smallest absolute Gasteiger partial charge is 0.273 e. The number of halogens is 2. The van der Waals surface area contributed by atoms with Gasteiger partial charge in [-0.15, -0.1) is 0 Å². The topological polar surface area (TPSA) is 75.6 Å². The van der Waals surface area contributed by atoms with Gasteiger partial charge in [-0.25, -0.2) is 18.7 Å². The van der Waals surface area contributed by atoms with Crippen molar-refractivity contribution in [3.63, 3.8) is 0 Å². The maximum absolute atomic E-state index is 13.5. The van der Waals surface area contributed by atoms with Crippen LogP contribution >= 0.6 is 0 Å². The van der Waals surface area contributed by atoms with E-state index >= 15 is 0 Å². The molecule has 2 N–H and O–H groups in total. The van der Waals surface area contributed by atoms with Crippen LogP contribution in [0, 0.1) is 11.6 Å². The first-order valence-electron chi connectivity index (χ1n) is 7.35. The van der Waals surface area contributed by atoms with E-state index in [1.54, 1.807) is 18.2 Å². The Morgan fingerprint density at radius 3 is 2.56 bits per heavy atom. The van der Waals surface area contributed by atoms with E-state index in [4.69, 9.17) is 0 Å². The molecule has 0 aliphatic heterocycles. The van der Waals surface area contributed by atoms with Crippen LogP contribution in [0.15, 0.2) is 59.7 Å². The lowest BCUT2D eigenvalue weighted by atomic mass is 10.3. The molecule has 3 aromatic heterocycles. The molecule has 0 aliphatic rings. The Kier molecular flexibility index (Phi) is 3.50. The maximum Gasteiger partial charge on any atom is 0.273 e. The molecule has 0 radical (unpaired) electrons. The summed E-state index contributed by atoms with van der Waals surface area (Å²) < 4.78 is 27.9. The fourth-order valence-electron chi connectivity index (χ4n) is 2.49. The number of H-pyrrole nitrogens is 1. The standard InChI is InChI=1S/C17H11F2N5O/c18-10-2-1-3-12(6-10)24-14-7-16(21-9-13(14)17(25)23-24)22-15-5-4-11(19)8-20-15/h1-9H,(H,23,25)(H,20,21,22). The average molecular weight is 339 g/mol. The molecular formula is C17H11F2N5O. The Balaban J connectivity index is 1.80. The summed E-state index contributed by atoms with van der Waals surface area (Å²) in [5.74, 6) is -0.0400. The third kappa shape index (κ3) is 2.85. The highest BCUT2D eigenvalue weighted by Gasteiger charge is 2.11. The van der Waals surface area contributed by atoms with E-state index in [1.165, 1.54) is 35.1 Å². The molecule has 6 nitrogen and oxygen atoms in total. The van der Waals surface area contributed by atoms with E-state index in [0.717, 1.165) is 6.20 Å². The summed E-state index contributed by atoms with van der Waals surface area (Å²) >= 11 is 0. The maximum atomic E-state index is 13.5. The molecular weight excluding hydrogens is 328 g/mol. The molecule has 0 unspecified atom stereocenters. The number of fused-ring (bicyclic) bond motifs is 1. The first-order valence-corrected chi connectivity index (χ1v) is 7.35. The second-order valence-electron chi connectivity index (χ2n) is 5.33. The second-order valence-corrected chi connectivity index (χ2v) is 5.33. The van der Waals surface area contributed by atoms with Crippen LogP contribution in [-0.2, 0) is 0 Å². The molecule has 3 heterocycles. The zero-order valence-corrected chi connectivity index (χ0v) is 12.7. The van der Waals surface area contributed by atoms with Gasteiger partial charge in [0, 0.05) is 12.3 Å². The first-order chi connectivity index (χ1) is 12.1. The normalized spacial score (nSPS) is 11.0. The summed E-state index contributed by atoms with van der Waals surface area (Å²) in [5, 5.41) is 5.95. The van der Waals surface area contributed by atoms with Crippen molar-refractivity contribution >= 4 is 22.5 Å². The number of pyridine rings is 2. The molecule has 0 atom stereocenters. The summed E-state index contributed by atoms with van der Waals surface area (Å²) in [5.41, 5.74) is 0.664. The summed E-state index contributed by atoms with van der Waals surface area (Å²) in [6, 6.07) is 10.2. The molecule has 4 rings (SSSR count). The molecule has 0 fully saturated rings. The van der Waals surface area contributed by atoms with Gasteiger partial charge in [0.2, 0.25) is 0 Å². The van der Waals surface area contributed by atoms with Crippen molar-refractivity contribution < 1.29 is 8.78 Å². The van der Waals surface area contributed by atoms with Gasteiger partial charge in [0.25, 0.3) is 5.56 Å². The highest BCUT2D eigenvalue weighted by molar-refractivity contribution is 5.82. The van der Waals surface area contributed by atoms with Gasteiger partial charge in [-0.2, -0.15) is 0 Å². The van der Waals surface area contributed by atoms with Gasteiger partial charge in [-0.1, -0.05) is 6.07 Å². The molecule has 0 amide bonds. The van der Waals surface area contributed by atoms with Crippen LogP contribution in [0.4, 0.5) is 20.4 Å². The van der Waals surface area contributed by atoms with Crippen molar-refractivity contribution in [2.24, 2.45) is 0 Å². The third-order valence-corrected chi connectivity index (χ3v) is 3.63. The Morgan fingerprint density at radius 2 is 1.80 bits per heavy atom. The summed E-state index contributed by atoms with van der Waals surface area (Å²) in [7, 11) is 0. The SMILES string of the molecule is O=c1[nH]n(-c2cccc(F)c2)c2cc(Nc3ccc(F)cn3)ncc12. The van der Waals surface area contributed by atoms with Crippen molar-refractivity contribution in [2.45, 2.75) is 0 Å². The zero-order valence-electron chi connectivity index (χ0n) is 12.7. The van der Waals surface area contributed by atoms with Gasteiger partial charge in [0.05, 0.1) is 22.8 Å². The predicted molar refractivity (Wildman–Crippen MR) is 89.1 cm³/mol. The average Bonchev–Trinajstić information content (AvgIpc) is 2.93. The van der Waals surface area contributed by atoms with E-state index < -0.39 is 11.6 Å². The lowest BCUT2D eigenvalue weighted by Crippen LogP contribution is -2.03. The van der Waals surface area contributed by atoms with Crippen molar-refractivity contribution in [1.29, 1.82) is 0 Å². The van der Waals surface area contributed by atoms with Crippen LogP contribution in [0.2, 0.25) is 0 Å². The number of aromatic nitrogens is 4. The minimum atomic E-state index is -0.445. The minimum Gasteiger partial charge on any atom is -0.325 e. The summed E-state index contributed by atoms with van der Waals surface area (Å²) in [6.45, 7) is 0. The number of rotatable bonds is 3. The third-order valence-electron chi connectivity index (χ3n) is 3.63. The molecule has 0 aliphatic carbocycles. The van der Waals surface area contributed by atoms with E-state index in [0.29, 0.717) is 28.2 Å². The van der Waals surface area contributed by atoms with Crippen LogP contribution in [-0.4, -0.2) is 19.7 Å². The monoisotopic (exact) mass is 339 g/mol. The largest absolute Gasteiger partial charge is 0.325 e. The lowest BCUT2D eigenvalue weighted by molar-refractivity contribution is 0.622. The van der Waals surface area contributed by atoms with Gasteiger partial charge < -0.3 is 5.32 Å². The van der Waals surface area contributed by atoms with Gasteiger partial charge in [0.15, 0.2) is 0 Å². The molecule has 8 heteroatoms. The lowest BCUT2D eigenvalue weighted by Gasteiger charge is -2.07. The number of aromatic amines is 1. The van der Waals surface area contributed by atoms with E-state index in [2.05, 4.69) is 20.4 Å². The number of hydrogen-bond donors (Lipinski definition) is 2. The fourth-order valence-corrected chi connectivity index (χ4v) is 2.49. The van der Waals surface area contributed by atoms with E-state index in [1.807, 2.05) is 0 Å². The predicted octanol–water partition coefficient (Wildman–Crippen LogP) is 3.13. The van der Waals surface area contributed by atoms with Crippen LogP contribution in [0.1, 0.15) is 0 Å². The first kappa shape index (κ1) is 15.0. The highest BCUT2D eigenvalue weighted by Crippen LogP contribution is 2.20. The van der Waals surface area contributed by atoms with Crippen molar-refractivity contribution in [3.8, 4) is 5.69 Å². The highest BCUT2D eigenvalue weighted by atomic mass is 19.1. The number of nitrogens with zero attached hydrogens (tertiary/aromatic N) is 3. The number of nitrogens with one attached hydrogen (secondary N) is 2. The van der Waals surface area contributed by atoms with E-state index in [9.17, 15) is 13.6 Å². The number of anilines is 2. The zero-order chi connectivity index (χ0) is 17.4. The van der Waals surface area contributed by atoms with E-state index in [-0.39, 0.29) is 5.56 Å². The van der Waals surface area contributed by atoms with Crippen LogP contribution in [0.3, 0.4) is 0 Å². The molecule has 4 aromatic rings. The summed E-state index contributed by atoms with van der Waals surface area (Å²) in [6.07, 6.45) is 2.50. The number of hydrogen-bond acceptors (Lipinski definition) is 4. The van der Waals surface area contributed by atoms with Gasteiger partial charge in [-0.05, 0) is 30.3 Å². The quantitative estimate of drug-likeness (QED) is 0.601. The van der Waals surface area contributed by atoms with Crippen LogP contribution in [0.25, 0.3) is 16.6 Å². The summed E-state index contributed by atoms with van der Waals surface area (Å²) in [4.78, 5) is 20.1. The Hall–Kier alpha value is -3.55. The second kappa shape index (κ2) is 5.82. The Bertz CT molecular complexity index is 1120.